The summed E-state index contributed by atoms with van der Waals surface area (Å²) in [5.74, 6) is 1.24. The summed E-state index contributed by atoms with van der Waals surface area (Å²) in [4.78, 5) is 8.56. The maximum atomic E-state index is 4.28. The fourth-order valence-electron chi connectivity index (χ4n) is 1.47. The van der Waals surface area contributed by atoms with Gasteiger partial charge in [0.15, 0.2) is 11.6 Å². The SMILES string of the molecule is c1ccc(-c2ncc(-c3nnn[nH]3)cn2)cc1. The Balaban J connectivity index is 1.96. The van der Waals surface area contributed by atoms with Crippen LogP contribution in [0, 0.1) is 0 Å². The van der Waals surface area contributed by atoms with Gasteiger partial charge in [-0.15, -0.1) is 5.10 Å². The molecule has 0 spiro atoms. The van der Waals surface area contributed by atoms with Crippen LogP contribution in [0.4, 0.5) is 0 Å². The van der Waals surface area contributed by atoms with Crippen molar-refractivity contribution in [2.45, 2.75) is 0 Å². The van der Waals surface area contributed by atoms with Crippen molar-refractivity contribution in [2.24, 2.45) is 0 Å². The maximum absolute atomic E-state index is 4.28. The molecule has 17 heavy (non-hydrogen) atoms. The normalized spacial score (nSPS) is 10.4. The van der Waals surface area contributed by atoms with Gasteiger partial charge in [0, 0.05) is 18.0 Å². The molecule has 6 nitrogen and oxygen atoms in total. The number of hydrogen-bond acceptors (Lipinski definition) is 5. The summed E-state index contributed by atoms with van der Waals surface area (Å²) in [5, 5.41) is 13.5. The van der Waals surface area contributed by atoms with E-state index < -0.39 is 0 Å². The van der Waals surface area contributed by atoms with E-state index in [1.54, 1.807) is 12.4 Å². The molecule has 0 bridgehead atoms. The molecule has 0 atom stereocenters. The molecule has 0 fully saturated rings. The van der Waals surface area contributed by atoms with E-state index >= 15 is 0 Å². The van der Waals surface area contributed by atoms with Gasteiger partial charge in [-0.3, -0.25) is 0 Å². The topological polar surface area (TPSA) is 80.2 Å². The third-order valence-corrected chi connectivity index (χ3v) is 2.30. The van der Waals surface area contributed by atoms with Gasteiger partial charge in [-0.2, -0.15) is 0 Å². The van der Waals surface area contributed by atoms with Crippen LogP contribution in [0.15, 0.2) is 42.7 Å². The fraction of sp³-hybridized carbons (Fsp3) is 0. The molecule has 3 rings (SSSR count). The second-order valence-corrected chi connectivity index (χ2v) is 3.41. The van der Waals surface area contributed by atoms with E-state index in [-0.39, 0.29) is 0 Å². The van der Waals surface area contributed by atoms with Crippen LogP contribution in [0.5, 0.6) is 0 Å². The molecule has 0 saturated heterocycles. The average molecular weight is 224 g/mol. The standard InChI is InChI=1S/C11H8N6/c1-2-4-8(5-3-1)10-12-6-9(7-13-10)11-14-16-17-15-11/h1-7H,(H,14,15,16,17). The first-order valence-corrected chi connectivity index (χ1v) is 5.05. The summed E-state index contributed by atoms with van der Waals surface area (Å²) in [6.07, 6.45) is 3.38. The average Bonchev–Trinajstić information content (AvgIpc) is 2.94. The van der Waals surface area contributed by atoms with Crippen molar-refractivity contribution in [3.63, 3.8) is 0 Å². The minimum atomic E-state index is 0.560. The van der Waals surface area contributed by atoms with Crippen molar-refractivity contribution in [1.29, 1.82) is 0 Å². The second-order valence-electron chi connectivity index (χ2n) is 3.41. The lowest BCUT2D eigenvalue weighted by atomic mass is 10.2. The zero-order valence-electron chi connectivity index (χ0n) is 8.78. The predicted octanol–water partition coefficient (Wildman–Crippen LogP) is 1.32. The highest BCUT2D eigenvalue weighted by atomic mass is 15.5. The summed E-state index contributed by atoms with van der Waals surface area (Å²) in [5.41, 5.74) is 1.74. The van der Waals surface area contributed by atoms with Gasteiger partial charge in [-0.1, -0.05) is 30.3 Å². The van der Waals surface area contributed by atoms with Crippen LogP contribution in [-0.4, -0.2) is 30.6 Å². The van der Waals surface area contributed by atoms with Crippen LogP contribution >= 0.6 is 0 Å². The van der Waals surface area contributed by atoms with E-state index in [1.165, 1.54) is 0 Å². The minimum absolute atomic E-state index is 0.560. The Kier molecular flexibility index (Phi) is 2.31. The highest BCUT2D eigenvalue weighted by Gasteiger charge is 2.04. The molecule has 3 aromatic rings. The Morgan fingerprint density at radius 1 is 0.882 bits per heavy atom. The van der Waals surface area contributed by atoms with E-state index in [2.05, 4.69) is 30.6 Å². The van der Waals surface area contributed by atoms with E-state index in [9.17, 15) is 0 Å². The molecule has 1 aromatic carbocycles. The van der Waals surface area contributed by atoms with Crippen molar-refractivity contribution in [3.8, 4) is 22.8 Å². The van der Waals surface area contributed by atoms with Gasteiger partial charge < -0.3 is 0 Å². The number of aromatic amines is 1. The molecule has 0 aliphatic rings. The maximum Gasteiger partial charge on any atom is 0.182 e. The Labute approximate surface area is 96.8 Å². The van der Waals surface area contributed by atoms with Crippen molar-refractivity contribution in [2.75, 3.05) is 0 Å². The molecule has 82 valence electrons. The summed E-state index contributed by atoms with van der Waals surface area (Å²) >= 11 is 0. The number of benzene rings is 1. The second kappa shape index (κ2) is 4.09. The van der Waals surface area contributed by atoms with Gasteiger partial charge in [-0.25, -0.2) is 15.1 Å². The Hall–Kier alpha value is -2.63. The van der Waals surface area contributed by atoms with E-state index in [0.29, 0.717) is 11.6 Å². The molecule has 0 radical (unpaired) electrons. The first-order chi connectivity index (χ1) is 8.43. The minimum Gasteiger partial charge on any atom is -0.239 e. The molecular weight excluding hydrogens is 216 g/mol. The lowest BCUT2D eigenvalue weighted by Gasteiger charge is -1.99. The number of hydrogen-bond donors (Lipinski definition) is 1. The Morgan fingerprint density at radius 2 is 1.65 bits per heavy atom. The molecule has 2 aromatic heterocycles. The van der Waals surface area contributed by atoms with Crippen LogP contribution in [0.25, 0.3) is 22.8 Å². The quantitative estimate of drug-likeness (QED) is 0.710. The molecule has 0 saturated carbocycles. The van der Waals surface area contributed by atoms with Gasteiger partial charge in [0.1, 0.15) is 0 Å². The van der Waals surface area contributed by atoms with Crippen molar-refractivity contribution in [3.05, 3.63) is 42.7 Å². The van der Waals surface area contributed by atoms with Gasteiger partial charge in [0.2, 0.25) is 0 Å². The van der Waals surface area contributed by atoms with Crippen molar-refractivity contribution >= 4 is 0 Å². The highest BCUT2D eigenvalue weighted by Crippen LogP contribution is 2.16. The Bertz CT molecular complexity index is 588. The van der Waals surface area contributed by atoms with E-state index in [4.69, 9.17) is 0 Å². The summed E-state index contributed by atoms with van der Waals surface area (Å²) < 4.78 is 0. The van der Waals surface area contributed by atoms with Crippen LogP contribution < -0.4 is 0 Å². The number of rotatable bonds is 2. The third kappa shape index (κ3) is 1.87. The zero-order chi connectivity index (χ0) is 11.5. The molecule has 2 heterocycles. The molecule has 0 unspecified atom stereocenters. The van der Waals surface area contributed by atoms with Crippen LogP contribution in [0.3, 0.4) is 0 Å². The smallest absolute Gasteiger partial charge is 0.182 e. The Morgan fingerprint density at radius 3 is 2.29 bits per heavy atom. The zero-order valence-corrected chi connectivity index (χ0v) is 8.78. The first kappa shape index (κ1) is 9.59. The summed E-state index contributed by atoms with van der Waals surface area (Å²) in [6, 6.07) is 9.79. The van der Waals surface area contributed by atoms with Crippen LogP contribution in [-0.2, 0) is 0 Å². The molecule has 1 N–H and O–H groups in total. The number of aromatic nitrogens is 6. The van der Waals surface area contributed by atoms with Crippen molar-refractivity contribution < 1.29 is 0 Å². The van der Waals surface area contributed by atoms with Gasteiger partial charge >= 0.3 is 0 Å². The van der Waals surface area contributed by atoms with Crippen LogP contribution in [0.2, 0.25) is 0 Å². The third-order valence-electron chi connectivity index (χ3n) is 2.30. The van der Waals surface area contributed by atoms with Gasteiger partial charge in [0.25, 0.3) is 0 Å². The fourth-order valence-corrected chi connectivity index (χ4v) is 1.47. The summed E-state index contributed by atoms with van der Waals surface area (Å²) in [6.45, 7) is 0. The first-order valence-electron chi connectivity index (χ1n) is 5.05. The molecule has 0 aliphatic carbocycles. The van der Waals surface area contributed by atoms with Gasteiger partial charge in [0.05, 0.1) is 5.56 Å². The summed E-state index contributed by atoms with van der Waals surface area (Å²) in [7, 11) is 0. The number of nitrogens with zero attached hydrogens (tertiary/aromatic N) is 5. The van der Waals surface area contributed by atoms with Crippen LogP contribution in [0.1, 0.15) is 0 Å². The molecule has 6 heteroatoms. The predicted molar refractivity (Wildman–Crippen MR) is 60.6 cm³/mol. The lowest BCUT2D eigenvalue weighted by molar-refractivity contribution is 0.881. The number of H-pyrrole nitrogens is 1. The molecule has 0 amide bonds. The van der Waals surface area contributed by atoms with Crippen molar-refractivity contribution in [1.82, 2.24) is 30.6 Å². The monoisotopic (exact) mass is 224 g/mol. The van der Waals surface area contributed by atoms with E-state index in [0.717, 1.165) is 11.1 Å². The lowest BCUT2D eigenvalue weighted by Crippen LogP contribution is -1.90. The number of tetrazole rings is 1. The largest absolute Gasteiger partial charge is 0.239 e. The molecular formula is C11H8N6. The molecule has 0 aliphatic heterocycles. The van der Waals surface area contributed by atoms with E-state index in [1.807, 2.05) is 30.3 Å². The van der Waals surface area contributed by atoms with Gasteiger partial charge in [-0.05, 0) is 10.4 Å². The highest BCUT2D eigenvalue weighted by molar-refractivity contribution is 5.57. The number of nitrogens with one attached hydrogen (secondary N) is 1.